The fraction of sp³-hybridized carbons (Fsp3) is 0.267. The Bertz CT molecular complexity index is 1340. The summed E-state index contributed by atoms with van der Waals surface area (Å²) < 4.78 is 0. The van der Waals surface area contributed by atoms with Crippen molar-refractivity contribution in [2.24, 2.45) is 4.99 Å². The Morgan fingerprint density at radius 1 is 0.943 bits per heavy atom. The number of hydrogen-bond donors (Lipinski definition) is 0. The number of hydrogen-bond acceptors (Lipinski definition) is 1. The first kappa shape index (κ1) is 29.8. The van der Waals surface area contributed by atoms with Crippen LogP contribution in [0.15, 0.2) is 92.9 Å². The molecule has 35 heavy (non-hydrogen) atoms. The Kier molecular flexibility index (Phi) is 10.0. The Balaban J connectivity index is 0.000000249. The van der Waals surface area contributed by atoms with Gasteiger partial charge in [0.15, 0.2) is 0 Å². The SMILES string of the molecule is CC1=C2C3=CN=CC3=C1[Si]2(C)C.CCCCc1ccc(-c2cccc3[cH-]c(C)cc23)cc1.[Cl-].[Cl-].[Zr+3]. The van der Waals surface area contributed by atoms with E-state index in [2.05, 4.69) is 93.5 Å². The fourth-order valence-electron chi connectivity index (χ4n) is 5.79. The summed E-state index contributed by atoms with van der Waals surface area (Å²) in [6.07, 6.45) is 7.78. The van der Waals surface area contributed by atoms with E-state index in [1.807, 2.05) is 12.4 Å². The first-order chi connectivity index (χ1) is 15.4. The van der Waals surface area contributed by atoms with Gasteiger partial charge < -0.3 is 24.8 Å². The van der Waals surface area contributed by atoms with E-state index < -0.39 is 8.07 Å². The molecule has 3 aliphatic heterocycles. The fourth-order valence-corrected chi connectivity index (χ4v) is 9.73. The number of benzene rings is 2. The van der Waals surface area contributed by atoms with Crippen molar-refractivity contribution in [1.82, 2.24) is 0 Å². The average molecular weight is 597 g/mol. The molecule has 0 spiro atoms. The second-order valence-electron chi connectivity index (χ2n) is 9.88. The molecule has 0 atom stereocenters. The molecular formula is C30H32Cl2NSiZr. The normalized spacial score (nSPS) is 15.9. The molecule has 179 valence electrons. The minimum Gasteiger partial charge on any atom is -1.00 e. The Hall–Kier alpha value is -1.38. The third-order valence-corrected chi connectivity index (χ3v) is 11.0. The summed E-state index contributed by atoms with van der Waals surface area (Å²) in [4.78, 5) is 4.19. The van der Waals surface area contributed by atoms with E-state index in [4.69, 9.17) is 0 Å². The van der Waals surface area contributed by atoms with E-state index in [-0.39, 0.29) is 51.0 Å². The minimum absolute atomic E-state index is 0. The molecule has 7 rings (SSSR count). The van der Waals surface area contributed by atoms with E-state index in [0.717, 1.165) is 0 Å². The largest absolute Gasteiger partial charge is 3.00 e. The summed E-state index contributed by atoms with van der Waals surface area (Å²) in [5, 5.41) is 6.02. The molecule has 1 nitrogen and oxygen atoms in total. The Morgan fingerprint density at radius 3 is 2.29 bits per heavy atom. The van der Waals surface area contributed by atoms with Crippen LogP contribution < -0.4 is 24.8 Å². The molecule has 1 radical (unpaired) electrons. The van der Waals surface area contributed by atoms with Crippen LogP contribution in [-0.4, -0.2) is 14.3 Å². The standard InChI is InChI=1S/C20H21.C10H11NSi.2ClH.Zr/c1-3-4-6-16-9-11-17(12-10-16)19-8-5-7-18-13-15(2)14-20(18)19;1-6-9-7-4-11-5-8(7)10(6)12(9,2)3;;;/h5,7-14H,3-4,6H2,1-2H3;4-5H,1-3H3;2*1H;/q-1;;;;+3/p-2. The molecule has 0 amide bonds. The van der Waals surface area contributed by atoms with Crippen LogP contribution in [0.25, 0.3) is 21.9 Å². The molecule has 0 fully saturated rings. The molecule has 1 aliphatic carbocycles. The Morgan fingerprint density at radius 2 is 1.66 bits per heavy atom. The van der Waals surface area contributed by atoms with Gasteiger partial charge in [-0.2, -0.15) is 6.07 Å². The van der Waals surface area contributed by atoms with Crippen molar-refractivity contribution in [3.63, 3.8) is 0 Å². The van der Waals surface area contributed by atoms with Gasteiger partial charge in [-0.25, -0.2) is 0 Å². The third kappa shape index (κ3) is 5.21. The maximum Gasteiger partial charge on any atom is 3.00 e. The molecule has 3 aromatic rings. The second kappa shape index (κ2) is 11.8. The summed E-state index contributed by atoms with van der Waals surface area (Å²) in [5.74, 6) is 0. The molecule has 0 saturated heterocycles. The van der Waals surface area contributed by atoms with E-state index in [0.29, 0.717) is 0 Å². The molecule has 3 aromatic carbocycles. The van der Waals surface area contributed by atoms with Gasteiger partial charge in [-0.3, -0.25) is 4.99 Å². The van der Waals surface area contributed by atoms with Crippen LogP contribution >= 0.6 is 0 Å². The smallest absolute Gasteiger partial charge is 1.00 e. The van der Waals surface area contributed by atoms with E-state index >= 15 is 0 Å². The van der Waals surface area contributed by atoms with Crippen molar-refractivity contribution in [2.45, 2.75) is 53.1 Å². The van der Waals surface area contributed by atoms with Crippen molar-refractivity contribution in [3.05, 3.63) is 99.0 Å². The van der Waals surface area contributed by atoms with Gasteiger partial charge in [0.2, 0.25) is 0 Å². The van der Waals surface area contributed by atoms with Crippen molar-refractivity contribution < 1.29 is 51.0 Å². The summed E-state index contributed by atoms with van der Waals surface area (Å²) in [6, 6.07) is 20.2. The summed E-state index contributed by atoms with van der Waals surface area (Å²) in [6.45, 7) is 11.5. The molecule has 0 N–H and O–H groups in total. The molecule has 2 bridgehead atoms. The number of fused-ring (bicyclic) bond motifs is 1. The number of aryl methyl sites for hydroxylation is 2. The van der Waals surface area contributed by atoms with Crippen LogP contribution in [0.1, 0.15) is 37.8 Å². The maximum atomic E-state index is 4.19. The van der Waals surface area contributed by atoms with Crippen LogP contribution in [-0.2, 0) is 32.6 Å². The number of halogens is 2. The van der Waals surface area contributed by atoms with Crippen molar-refractivity contribution in [2.75, 3.05) is 0 Å². The van der Waals surface area contributed by atoms with E-state index in [9.17, 15) is 0 Å². The first-order valence-corrected chi connectivity index (χ1v) is 14.9. The minimum atomic E-state index is -1.11. The number of rotatable bonds is 4. The van der Waals surface area contributed by atoms with Crippen molar-refractivity contribution in [3.8, 4) is 11.1 Å². The summed E-state index contributed by atoms with van der Waals surface area (Å²) in [5.41, 5.74) is 9.89. The maximum absolute atomic E-state index is 4.19. The van der Waals surface area contributed by atoms with Crippen LogP contribution in [0.4, 0.5) is 0 Å². The molecule has 5 heteroatoms. The van der Waals surface area contributed by atoms with Gasteiger partial charge in [0.05, 0.1) is 0 Å². The predicted octanol–water partition coefficient (Wildman–Crippen LogP) is 2.26. The average Bonchev–Trinajstić information content (AvgIpc) is 3.49. The number of nitrogens with zero attached hydrogens (tertiary/aromatic N) is 1. The van der Waals surface area contributed by atoms with Gasteiger partial charge in [-0.15, -0.1) is 34.5 Å². The molecule has 3 heterocycles. The van der Waals surface area contributed by atoms with Crippen LogP contribution in [0, 0.1) is 6.92 Å². The van der Waals surface area contributed by atoms with Gasteiger partial charge in [0.1, 0.15) is 8.07 Å². The zero-order valence-corrected chi connectivity index (χ0v) is 26.1. The van der Waals surface area contributed by atoms with Crippen LogP contribution in [0.2, 0.25) is 13.1 Å². The number of unbranched alkanes of at least 4 members (excludes halogenated alkanes) is 1. The topological polar surface area (TPSA) is 12.4 Å². The monoisotopic (exact) mass is 594 g/mol. The van der Waals surface area contributed by atoms with Gasteiger partial charge in [0, 0.05) is 23.6 Å². The molecule has 0 saturated carbocycles. The van der Waals surface area contributed by atoms with Crippen molar-refractivity contribution >= 4 is 25.1 Å². The predicted molar refractivity (Wildman–Crippen MR) is 142 cm³/mol. The summed E-state index contributed by atoms with van der Waals surface area (Å²) >= 11 is 0. The van der Waals surface area contributed by atoms with Crippen molar-refractivity contribution in [1.29, 1.82) is 0 Å². The molecule has 4 aliphatic rings. The van der Waals surface area contributed by atoms with E-state index in [1.54, 1.807) is 16.0 Å². The van der Waals surface area contributed by atoms with Crippen LogP contribution in [0.3, 0.4) is 0 Å². The zero-order chi connectivity index (χ0) is 22.5. The molecular weight excluding hydrogens is 565 g/mol. The van der Waals surface area contributed by atoms with Gasteiger partial charge in [-0.05, 0) is 41.3 Å². The van der Waals surface area contributed by atoms with Gasteiger partial charge >= 0.3 is 26.2 Å². The molecule has 0 unspecified atom stereocenters. The molecule has 0 aromatic heterocycles. The Labute approximate surface area is 242 Å². The van der Waals surface area contributed by atoms with Gasteiger partial charge in [-0.1, -0.05) is 74.8 Å². The zero-order valence-electron chi connectivity index (χ0n) is 21.2. The summed E-state index contributed by atoms with van der Waals surface area (Å²) in [7, 11) is -1.11. The second-order valence-corrected chi connectivity index (χ2v) is 14.1. The number of aliphatic imine (C=N–C) groups is 1. The van der Waals surface area contributed by atoms with Gasteiger partial charge in [0.25, 0.3) is 0 Å². The van der Waals surface area contributed by atoms with Crippen LogP contribution in [0.5, 0.6) is 0 Å². The first-order valence-electron chi connectivity index (χ1n) is 11.9. The third-order valence-electron chi connectivity index (χ3n) is 7.22. The van der Waals surface area contributed by atoms with E-state index in [1.165, 1.54) is 63.4 Å². The quantitative estimate of drug-likeness (QED) is 0.324. The number of allylic oxidation sites excluding steroid dienone is 5.